The Morgan fingerprint density at radius 2 is 1.19 bits per heavy atom. The van der Waals surface area contributed by atoms with Gasteiger partial charge >= 0.3 is 5.97 Å². The van der Waals surface area contributed by atoms with Gasteiger partial charge in [-0.2, -0.15) is 0 Å². The average Bonchev–Trinajstić information content (AvgIpc) is 2.80. The van der Waals surface area contributed by atoms with E-state index in [-0.39, 0.29) is 12.1 Å². The Hall–Kier alpha value is -2.29. The van der Waals surface area contributed by atoms with Gasteiger partial charge in [0.25, 0.3) is 0 Å². The molecule has 0 aliphatic rings. The molecule has 3 heteroatoms. The second kappa shape index (κ2) is 15.5. The summed E-state index contributed by atoms with van der Waals surface area (Å²) in [5, 5.41) is 0. The highest BCUT2D eigenvalue weighted by atomic mass is 16.5. The van der Waals surface area contributed by atoms with E-state index in [9.17, 15) is 4.79 Å². The van der Waals surface area contributed by atoms with Crippen LogP contribution in [0.3, 0.4) is 0 Å². The third kappa shape index (κ3) is 10.3. The molecule has 1 unspecified atom stereocenters. The van der Waals surface area contributed by atoms with Gasteiger partial charge in [-0.3, -0.25) is 4.79 Å². The van der Waals surface area contributed by atoms with Crippen molar-refractivity contribution in [3.63, 3.8) is 0 Å². The van der Waals surface area contributed by atoms with E-state index in [4.69, 9.17) is 9.47 Å². The standard InChI is InChI=1S/C29H42O3/c1-4-5-6-7-8-9-10-11-12-13-14-23-31-29-21-19-28(20-22-29)27-17-15-26(16-18-27)24(2)32-25(3)30/h15-22,24H,4-14,23H2,1-3H3. The first kappa shape index (κ1) is 26.0. The molecule has 0 aliphatic heterocycles. The van der Waals surface area contributed by atoms with Gasteiger partial charge in [0.15, 0.2) is 0 Å². The molecule has 0 aliphatic carbocycles. The summed E-state index contributed by atoms with van der Waals surface area (Å²) in [4.78, 5) is 11.1. The quantitative estimate of drug-likeness (QED) is 0.194. The highest BCUT2D eigenvalue weighted by molar-refractivity contribution is 5.67. The number of ether oxygens (including phenoxy) is 2. The molecule has 2 aromatic rings. The first-order valence-corrected chi connectivity index (χ1v) is 12.6. The lowest BCUT2D eigenvalue weighted by Crippen LogP contribution is -2.04. The Bertz CT molecular complexity index is 749. The number of hydrogen-bond donors (Lipinski definition) is 0. The Morgan fingerprint density at radius 1 is 0.719 bits per heavy atom. The fourth-order valence-electron chi connectivity index (χ4n) is 3.96. The third-order valence-electron chi connectivity index (χ3n) is 5.93. The molecule has 0 bridgehead atoms. The van der Waals surface area contributed by atoms with Crippen molar-refractivity contribution in [2.75, 3.05) is 6.61 Å². The highest BCUT2D eigenvalue weighted by Crippen LogP contribution is 2.25. The number of rotatable bonds is 16. The van der Waals surface area contributed by atoms with Crippen molar-refractivity contribution in [2.24, 2.45) is 0 Å². The number of benzene rings is 2. The van der Waals surface area contributed by atoms with Gasteiger partial charge in [-0.25, -0.2) is 0 Å². The Labute approximate surface area is 195 Å². The predicted octanol–water partition coefficient (Wildman–Crippen LogP) is 8.67. The van der Waals surface area contributed by atoms with Gasteiger partial charge in [0.1, 0.15) is 11.9 Å². The Balaban J connectivity index is 1.60. The summed E-state index contributed by atoms with van der Waals surface area (Å²) in [6.45, 7) is 6.39. The summed E-state index contributed by atoms with van der Waals surface area (Å²) in [5.41, 5.74) is 3.29. The summed E-state index contributed by atoms with van der Waals surface area (Å²) in [5.74, 6) is 0.672. The molecule has 0 radical (unpaired) electrons. The molecule has 0 spiro atoms. The predicted molar refractivity (Wildman–Crippen MR) is 134 cm³/mol. The molecule has 1 atom stereocenters. The van der Waals surface area contributed by atoms with Crippen LogP contribution in [-0.4, -0.2) is 12.6 Å². The van der Waals surface area contributed by atoms with Crippen molar-refractivity contribution in [3.05, 3.63) is 54.1 Å². The van der Waals surface area contributed by atoms with E-state index in [1.54, 1.807) is 0 Å². The molecule has 0 saturated carbocycles. The van der Waals surface area contributed by atoms with Crippen LogP contribution in [0.15, 0.2) is 48.5 Å². The highest BCUT2D eigenvalue weighted by Gasteiger charge is 2.08. The zero-order valence-corrected chi connectivity index (χ0v) is 20.4. The van der Waals surface area contributed by atoms with Crippen LogP contribution >= 0.6 is 0 Å². The van der Waals surface area contributed by atoms with Gasteiger partial charge in [-0.05, 0) is 42.2 Å². The molecular weight excluding hydrogens is 396 g/mol. The molecular formula is C29H42O3. The van der Waals surface area contributed by atoms with Gasteiger partial charge in [0.2, 0.25) is 0 Å². The van der Waals surface area contributed by atoms with Crippen LogP contribution in [-0.2, 0) is 9.53 Å². The lowest BCUT2D eigenvalue weighted by Gasteiger charge is -2.13. The van der Waals surface area contributed by atoms with Crippen molar-refractivity contribution in [2.45, 2.75) is 97.5 Å². The molecule has 2 aromatic carbocycles. The van der Waals surface area contributed by atoms with Crippen molar-refractivity contribution in [1.29, 1.82) is 0 Å². The van der Waals surface area contributed by atoms with E-state index in [1.807, 2.05) is 31.2 Å². The topological polar surface area (TPSA) is 35.5 Å². The van der Waals surface area contributed by atoms with Crippen LogP contribution in [0.25, 0.3) is 11.1 Å². The van der Waals surface area contributed by atoms with Crippen molar-refractivity contribution >= 4 is 5.97 Å². The number of hydrogen-bond acceptors (Lipinski definition) is 3. The van der Waals surface area contributed by atoms with Crippen molar-refractivity contribution < 1.29 is 14.3 Å². The summed E-state index contributed by atoms with van der Waals surface area (Å²) >= 11 is 0. The van der Waals surface area contributed by atoms with E-state index in [1.165, 1.54) is 71.1 Å². The van der Waals surface area contributed by atoms with Crippen LogP contribution < -0.4 is 4.74 Å². The van der Waals surface area contributed by atoms with Crippen LogP contribution in [0.4, 0.5) is 0 Å². The molecule has 0 fully saturated rings. The van der Waals surface area contributed by atoms with Gasteiger partial charge in [0, 0.05) is 6.92 Å². The molecule has 0 amide bonds. The second-order valence-corrected chi connectivity index (χ2v) is 8.78. The summed E-state index contributed by atoms with van der Waals surface area (Å²) in [7, 11) is 0. The number of carbonyl (C=O) groups is 1. The number of carbonyl (C=O) groups excluding carboxylic acids is 1. The maximum absolute atomic E-state index is 11.1. The van der Waals surface area contributed by atoms with Crippen LogP contribution in [0.2, 0.25) is 0 Å². The van der Waals surface area contributed by atoms with Crippen LogP contribution in [0.5, 0.6) is 5.75 Å². The van der Waals surface area contributed by atoms with Crippen LogP contribution in [0, 0.1) is 0 Å². The lowest BCUT2D eigenvalue weighted by molar-refractivity contribution is -0.145. The first-order valence-electron chi connectivity index (χ1n) is 12.6. The minimum atomic E-state index is -0.259. The Kier molecular flexibility index (Phi) is 12.6. The molecule has 0 heterocycles. The first-order chi connectivity index (χ1) is 15.6. The Morgan fingerprint density at radius 3 is 1.69 bits per heavy atom. The summed E-state index contributed by atoms with van der Waals surface area (Å²) < 4.78 is 11.2. The molecule has 3 nitrogen and oxygen atoms in total. The zero-order valence-electron chi connectivity index (χ0n) is 20.4. The fraction of sp³-hybridized carbons (Fsp3) is 0.552. The molecule has 2 rings (SSSR count). The molecule has 0 aromatic heterocycles. The minimum Gasteiger partial charge on any atom is -0.494 e. The third-order valence-corrected chi connectivity index (χ3v) is 5.93. The molecule has 0 saturated heterocycles. The molecule has 0 N–H and O–H groups in total. The zero-order chi connectivity index (χ0) is 23.0. The normalized spacial score (nSPS) is 11.8. The summed E-state index contributed by atoms with van der Waals surface area (Å²) in [6, 6.07) is 16.4. The molecule has 176 valence electrons. The number of unbranched alkanes of at least 4 members (excludes halogenated alkanes) is 10. The smallest absolute Gasteiger partial charge is 0.303 e. The summed E-state index contributed by atoms with van der Waals surface area (Å²) in [6.07, 6.45) is 14.6. The molecule has 32 heavy (non-hydrogen) atoms. The average molecular weight is 439 g/mol. The van der Waals surface area contributed by atoms with Crippen molar-refractivity contribution in [1.82, 2.24) is 0 Å². The maximum atomic E-state index is 11.1. The second-order valence-electron chi connectivity index (χ2n) is 8.78. The van der Waals surface area contributed by atoms with Gasteiger partial charge in [0.05, 0.1) is 6.61 Å². The van der Waals surface area contributed by atoms with Crippen LogP contribution in [0.1, 0.15) is 103 Å². The van der Waals surface area contributed by atoms with Gasteiger partial charge < -0.3 is 9.47 Å². The fourth-order valence-corrected chi connectivity index (χ4v) is 3.96. The maximum Gasteiger partial charge on any atom is 0.303 e. The van der Waals surface area contributed by atoms with E-state index < -0.39 is 0 Å². The van der Waals surface area contributed by atoms with E-state index in [0.29, 0.717) is 0 Å². The monoisotopic (exact) mass is 438 g/mol. The minimum absolute atomic E-state index is 0.229. The van der Waals surface area contributed by atoms with E-state index >= 15 is 0 Å². The largest absolute Gasteiger partial charge is 0.494 e. The van der Waals surface area contributed by atoms with E-state index in [0.717, 1.165) is 35.5 Å². The SMILES string of the molecule is CCCCCCCCCCCCCOc1ccc(-c2ccc(C(C)OC(C)=O)cc2)cc1. The van der Waals surface area contributed by atoms with Crippen molar-refractivity contribution in [3.8, 4) is 16.9 Å². The van der Waals surface area contributed by atoms with Gasteiger partial charge in [-0.1, -0.05) is 108 Å². The lowest BCUT2D eigenvalue weighted by atomic mass is 10.0. The van der Waals surface area contributed by atoms with E-state index in [2.05, 4.69) is 31.2 Å². The number of esters is 1. The van der Waals surface area contributed by atoms with Gasteiger partial charge in [-0.15, -0.1) is 0 Å².